The number of hydrogen-bond acceptors (Lipinski definition) is 7. The Morgan fingerprint density at radius 1 is 1.19 bits per heavy atom. The third kappa shape index (κ3) is 3.31. The zero-order chi connectivity index (χ0) is 21.6. The van der Waals surface area contributed by atoms with E-state index in [2.05, 4.69) is 20.3 Å². The molecule has 160 valence electrons. The molecule has 0 bridgehead atoms. The van der Waals surface area contributed by atoms with Gasteiger partial charge < -0.3 is 4.42 Å². The van der Waals surface area contributed by atoms with Crippen LogP contribution in [-0.4, -0.2) is 44.2 Å². The first kappa shape index (κ1) is 19.8. The Labute approximate surface area is 179 Å². The van der Waals surface area contributed by atoms with E-state index in [0.717, 1.165) is 17.2 Å². The van der Waals surface area contributed by atoms with Gasteiger partial charge in [0.05, 0.1) is 5.69 Å². The smallest absolute Gasteiger partial charge is 0.266 e. The second kappa shape index (κ2) is 7.54. The number of benzene rings is 1. The first-order chi connectivity index (χ1) is 15.0. The van der Waals surface area contributed by atoms with E-state index >= 15 is 0 Å². The molecule has 4 aromatic rings. The summed E-state index contributed by atoms with van der Waals surface area (Å²) >= 11 is 0. The molecule has 1 fully saturated rings. The zero-order valence-electron chi connectivity index (χ0n) is 17.3. The second-order valence-electron chi connectivity index (χ2n) is 7.53. The Morgan fingerprint density at radius 3 is 2.84 bits per heavy atom. The molecule has 3 aromatic heterocycles. The molecule has 4 heterocycles. The van der Waals surface area contributed by atoms with Crippen molar-refractivity contribution in [3.63, 3.8) is 0 Å². The zero-order valence-corrected chi connectivity index (χ0v) is 18.1. The monoisotopic (exact) mass is 438 g/mol. The largest absolute Gasteiger partial charge is 0.417 e. The summed E-state index contributed by atoms with van der Waals surface area (Å²) in [6.07, 6.45) is 4.61. The van der Waals surface area contributed by atoms with Crippen molar-refractivity contribution >= 4 is 20.8 Å². The van der Waals surface area contributed by atoms with E-state index in [9.17, 15) is 8.42 Å². The third-order valence-electron chi connectivity index (χ3n) is 5.62. The van der Waals surface area contributed by atoms with Crippen LogP contribution in [0, 0.1) is 6.92 Å². The lowest BCUT2D eigenvalue weighted by Crippen LogP contribution is -2.31. The molecule has 0 N–H and O–H groups in total. The number of aryl methyl sites for hydroxylation is 2. The molecule has 10 heteroatoms. The third-order valence-corrected chi connectivity index (χ3v) is 7.63. The van der Waals surface area contributed by atoms with Crippen LogP contribution in [0.25, 0.3) is 22.4 Å². The van der Waals surface area contributed by atoms with Crippen LogP contribution >= 0.6 is 0 Å². The summed E-state index contributed by atoms with van der Waals surface area (Å²) in [4.78, 5) is 4.64. The van der Waals surface area contributed by atoms with Gasteiger partial charge in [-0.1, -0.05) is 24.3 Å². The minimum atomic E-state index is -3.74. The number of hydrogen-bond donors (Lipinski definition) is 0. The van der Waals surface area contributed by atoms with E-state index in [1.807, 2.05) is 37.3 Å². The Hall–Kier alpha value is -3.11. The topological polar surface area (TPSA) is 107 Å². The number of aromatic nitrogens is 5. The van der Waals surface area contributed by atoms with Gasteiger partial charge in [0.15, 0.2) is 0 Å². The van der Waals surface area contributed by atoms with Crippen LogP contribution in [0.15, 0.2) is 52.0 Å². The van der Waals surface area contributed by atoms with Gasteiger partial charge in [-0.05, 0) is 38.1 Å². The summed E-state index contributed by atoms with van der Waals surface area (Å²) in [5, 5.41) is 14.6. The highest BCUT2D eigenvalue weighted by molar-refractivity contribution is 7.89. The van der Waals surface area contributed by atoms with Crippen molar-refractivity contribution in [3.05, 3.63) is 54.3 Å². The van der Waals surface area contributed by atoms with Crippen LogP contribution < -0.4 is 0 Å². The number of pyridine rings is 1. The molecule has 5 rings (SSSR count). The standard InChI is InChI=1S/C21H22N6O3S/c1-3-26-13-18(14(2)25-26)31(28,29)27-12-6-9-17(27)20-23-24-21(30-20)19-16-8-5-4-7-15(16)10-11-22-19/h4-5,7-8,10-11,13,17H,3,6,9,12H2,1-2H3. The van der Waals surface area contributed by atoms with E-state index < -0.39 is 16.1 Å². The van der Waals surface area contributed by atoms with E-state index in [0.29, 0.717) is 30.9 Å². The highest BCUT2D eigenvalue weighted by atomic mass is 32.2. The van der Waals surface area contributed by atoms with Gasteiger partial charge in [-0.2, -0.15) is 9.40 Å². The highest BCUT2D eigenvalue weighted by Gasteiger charge is 2.40. The van der Waals surface area contributed by atoms with Gasteiger partial charge in [0.2, 0.25) is 15.9 Å². The first-order valence-electron chi connectivity index (χ1n) is 10.2. The van der Waals surface area contributed by atoms with Crippen LogP contribution in [0.5, 0.6) is 0 Å². The molecule has 0 amide bonds. The van der Waals surface area contributed by atoms with Gasteiger partial charge in [0.25, 0.3) is 5.89 Å². The Bertz CT molecular complexity index is 1360. The van der Waals surface area contributed by atoms with Crippen LogP contribution in [0.3, 0.4) is 0 Å². The van der Waals surface area contributed by atoms with Crippen molar-refractivity contribution in [3.8, 4) is 11.6 Å². The van der Waals surface area contributed by atoms with Crippen LogP contribution in [0.1, 0.15) is 37.4 Å². The molecule has 0 saturated carbocycles. The molecule has 0 aliphatic carbocycles. The highest BCUT2D eigenvalue weighted by Crippen LogP contribution is 2.37. The predicted octanol–water partition coefficient (Wildman–Crippen LogP) is 3.34. The maximum absolute atomic E-state index is 13.4. The molecular weight excluding hydrogens is 416 g/mol. The Kier molecular flexibility index (Phi) is 4.82. The quantitative estimate of drug-likeness (QED) is 0.470. The fourth-order valence-corrected chi connectivity index (χ4v) is 5.89. The van der Waals surface area contributed by atoms with Crippen molar-refractivity contribution in [1.29, 1.82) is 0 Å². The molecular formula is C21H22N6O3S. The molecule has 1 saturated heterocycles. The van der Waals surface area contributed by atoms with Crippen molar-refractivity contribution in [2.24, 2.45) is 0 Å². The molecule has 1 aliphatic heterocycles. The SMILES string of the molecule is CCn1cc(S(=O)(=O)N2CCCC2c2nnc(-c3nccc4ccccc34)o2)c(C)n1. The Morgan fingerprint density at radius 2 is 2.03 bits per heavy atom. The summed E-state index contributed by atoms with van der Waals surface area (Å²) in [5.41, 5.74) is 1.07. The molecule has 0 radical (unpaired) electrons. The van der Waals surface area contributed by atoms with Crippen LogP contribution in [-0.2, 0) is 16.6 Å². The molecule has 1 aliphatic rings. The van der Waals surface area contributed by atoms with Crippen molar-refractivity contribution in [1.82, 2.24) is 29.3 Å². The van der Waals surface area contributed by atoms with Gasteiger partial charge >= 0.3 is 0 Å². The summed E-state index contributed by atoms with van der Waals surface area (Å²) in [5.74, 6) is 0.567. The maximum atomic E-state index is 13.4. The van der Waals surface area contributed by atoms with Crippen molar-refractivity contribution < 1.29 is 12.8 Å². The lowest BCUT2D eigenvalue weighted by molar-refractivity contribution is 0.332. The lowest BCUT2D eigenvalue weighted by atomic mass is 10.1. The second-order valence-corrected chi connectivity index (χ2v) is 9.39. The van der Waals surface area contributed by atoms with Crippen LogP contribution in [0.2, 0.25) is 0 Å². The first-order valence-corrected chi connectivity index (χ1v) is 11.7. The molecule has 9 nitrogen and oxygen atoms in total. The van der Waals surface area contributed by atoms with Gasteiger partial charge in [-0.25, -0.2) is 8.42 Å². The summed E-state index contributed by atoms with van der Waals surface area (Å²) in [6, 6.07) is 9.22. The molecule has 1 aromatic carbocycles. The summed E-state index contributed by atoms with van der Waals surface area (Å²) in [7, 11) is -3.74. The van der Waals surface area contributed by atoms with E-state index in [-0.39, 0.29) is 16.7 Å². The minimum Gasteiger partial charge on any atom is -0.417 e. The van der Waals surface area contributed by atoms with Gasteiger partial charge in [-0.3, -0.25) is 9.67 Å². The van der Waals surface area contributed by atoms with Crippen molar-refractivity contribution in [2.45, 2.75) is 44.2 Å². The van der Waals surface area contributed by atoms with Gasteiger partial charge in [-0.15, -0.1) is 10.2 Å². The Balaban J connectivity index is 1.51. The molecule has 31 heavy (non-hydrogen) atoms. The number of nitrogens with zero attached hydrogens (tertiary/aromatic N) is 6. The molecule has 1 atom stereocenters. The van der Waals surface area contributed by atoms with Crippen LogP contribution in [0.4, 0.5) is 0 Å². The van der Waals surface area contributed by atoms with Gasteiger partial charge in [0, 0.05) is 30.9 Å². The summed E-state index contributed by atoms with van der Waals surface area (Å²) in [6.45, 7) is 4.63. The van der Waals surface area contributed by atoms with Gasteiger partial charge in [0.1, 0.15) is 16.6 Å². The van der Waals surface area contributed by atoms with E-state index in [1.54, 1.807) is 24.0 Å². The van der Waals surface area contributed by atoms with E-state index in [1.165, 1.54) is 4.31 Å². The number of rotatable bonds is 5. The number of fused-ring (bicyclic) bond motifs is 1. The fourth-order valence-electron chi connectivity index (χ4n) is 4.07. The fraction of sp³-hybridized carbons (Fsp3) is 0.333. The number of sulfonamides is 1. The normalized spacial score (nSPS) is 17.5. The molecule has 1 unspecified atom stereocenters. The molecule has 0 spiro atoms. The lowest BCUT2D eigenvalue weighted by Gasteiger charge is -2.21. The van der Waals surface area contributed by atoms with Crippen molar-refractivity contribution in [2.75, 3.05) is 6.54 Å². The maximum Gasteiger partial charge on any atom is 0.266 e. The van der Waals surface area contributed by atoms with E-state index in [4.69, 9.17) is 4.42 Å². The average Bonchev–Trinajstić information content (AvgIpc) is 3.52. The summed E-state index contributed by atoms with van der Waals surface area (Å²) < 4.78 is 35.8. The minimum absolute atomic E-state index is 0.219. The predicted molar refractivity (Wildman–Crippen MR) is 114 cm³/mol. The average molecular weight is 439 g/mol.